The van der Waals surface area contributed by atoms with Crippen LogP contribution >= 0.6 is 11.6 Å². The Morgan fingerprint density at radius 1 is 1.16 bits per heavy atom. The fourth-order valence-electron chi connectivity index (χ4n) is 2.89. The van der Waals surface area contributed by atoms with Gasteiger partial charge in [0.25, 0.3) is 11.5 Å². The zero-order chi connectivity index (χ0) is 18.1. The molecule has 0 saturated carbocycles. The van der Waals surface area contributed by atoms with Crippen molar-refractivity contribution in [2.75, 3.05) is 11.9 Å². The number of carbonyl (C=O) groups is 1. The lowest BCUT2D eigenvalue weighted by Crippen LogP contribution is -2.34. The van der Waals surface area contributed by atoms with Crippen LogP contribution in [0.2, 0.25) is 5.02 Å². The zero-order valence-electron chi connectivity index (χ0n) is 13.9. The molecule has 0 atom stereocenters. The van der Waals surface area contributed by atoms with E-state index in [9.17, 15) is 14.7 Å². The molecule has 0 spiro atoms. The number of aromatic hydroxyl groups is 1. The van der Waals surface area contributed by atoms with Crippen LogP contribution in [-0.2, 0) is 6.54 Å². The Labute approximate surface area is 149 Å². The van der Waals surface area contributed by atoms with Gasteiger partial charge in [-0.3, -0.25) is 9.59 Å². The minimum atomic E-state index is -0.585. The first kappa shape index (κ1) is 17.0. The number of fused-ring (bicyclic) bond motifs is 1. The summed E-state index contributed by atoms with van der Waals surface area (Å²) in [5.41, 5.74) is 0.293. The number of rotatable bonds is 3. The summed E-state index contributed by atoms with van der Waals surface area (Å²) in [6.07, 6.45) is 0. The monoisotopic (exact) mass is 356 g/mol. The third-order valence-electron chi connectivity index (χ3n) is 4.19. The SMILES string of the molecule is CCn1c(=O)c(C(=O)N(C)c2ccccc2)c(O)c2c(Cl)cccc21. The van der Waals surface area contributed by atoms with Gasteiger partial charge < -0.3 is 14.6 Å². The van der Waals surface area contributed by atoms with Gasteiger partial charge in [-0.1, -0.05) is 35.9 Å². The minimum absolute atomic E-state index is 0.284. The van der Waals surface area contributed by atoms with Gasteiger partial charge in [-0.25, -0.2) is 0 Å². The summed E-state index contributed by atoms with van der Waals surface area (Å²) in [6, 6.07) is 13.9. The van der Waals surface area contributed by atoms with Gasteiger partial charge in [0.1, 0.15) is 11.3 Å². The minimum Gasteiger partial charge on any atom is -0.506 e. The number of aromatic nitrogens is 1. The summed E-state index contributed by atoms with van der Waals surface area (Å²) in [7, 11) is 1.56. The second-order valence-electron chi connectivity index (χ2n) is 5.61. The normalized spacial score (nSPS) is 10.8. The molecule has 0 bridgehead atoms. The van der Waals surface area contributed by atoms with Crippen molar-refractivity contribution in [3.05, 3.63) is 69.5 Å². The molecular weight excluding hydrogens is 340 g/mol. The number of benzene rings is 2. The molecule has 128 valence electrons. The summed E-state index contributed by atoms with van der Waals surface area (Å²) in [5.74, 6) is -0.971. The van der Waals surface area contributed by atoms with E-state index in [0.29, 0.717) is 23.1 Å². The average molecular weight is 357 g/mol. The van der Waals surface area contributed by atoms with Crippen LogP contribution in [-0.4, -0.2) is 22.6 Å². The van der Waals surface area contributed by atoms with Gasteiger partial charge >= 0.3 is 0 Å². The molecule has 0 unspecified atom stereocenters. The quantitative estimate of drug-likeness (QED) is 0.779. The Balaban J connectivity index is 2.28. The van der Waals surface area contributed by atoms with Crippen LogP contribution < -0.4 is 10.5 Å². The highest BCUT2D eigenvalue weighted by Crippen LogP contribution is 2.33. The van der Waals surface area contributed by atoms with E-state index < -0.39 is 11.5 Å². The molecule has 1 N–H and O–H groups in total. The van der Waals surface area contributed by atoms with E-state index in [1.807, 2.05) is 6.07 Å². The van der Waals surface area contributed by atoms with Crippen LogP contribution in [0.1, 0.15) is 17.3 Å². The van der Waals surface area contributed by atoms with Crippen LogP contribution in [0.25, 0.3) is 10.9 Å². The molecule has 5 nitrogen and oxygen atoms in total. The van der Waals surface area contributed by atoms with E-state index >= 15 is 0 Å². The van der Waals surface area contributed by atoms with Crippen molar-refractivity contribution in [2.45, 2.75) is 13.5 Å². The summed E-state index contributed by atoms with van der Waals surface area (Å²) < 4.78 is 1.44. The number of carbonyl (C=O) groups excluding carboxylic acids is 1. The molecule has 0 saturated heterocycles. The van der Waals surface area contributed by atoms with E-state index in [0.717, 1.165) is 0 Å². The van der Waals surface area contributed by atoms with Crippen LogP contribution in [0.3, 0.4) is 0 Å². The lowest BCUT2D eigenvalue weighted by Gasteiger charge is -2.20. The van der Waals surface area contributed by atoms with Gasteiger partial charge in [0.15, 0.2) is 0 Å². The highest BCUT2D eigenvalue weighted by Gasteiger charge is 2.26. The lowest BCUT2D eigenvalue weighted by molar-refractivity contribution is 0.0988. The molecular formula is C19H17ClN2O3. The lowest BCUT2D eigenvalue weighted by atomic mass is 10.1. The number of aryl methyl sites for hydroxylation is 1. The number of halogens is 1. The number of para-hydroxylation sites is 1. The third-order valence-corrected chi connectivity index (χ3v) is 4.51. The molecule has 0 aliphatic rings. The molecule has 25 heavy (non-hydrogen) atoms. The highest BCUT2D eigenvalue weighted by atomic mass is 35.5. The van der Waals surface area contributed by atoms with Crippen molar-refractivity contribution >= 4 is 34.1 Å². The maximum Gasteiger partial charge on any atom is 0.267 e. The summed E-state index contributed by atoms with van der Waals surface area (Å²) in [4.78, 5) is 27.1. The topological polar surface area (TPSA) is 62.5 Å². The van der Waals surface area contributed by atoms with Crippen LogP contribution in [0.4, 0.5) is 5.69 Å². The maximum absolute atomic E-state index is 12.9. The molecule has 3 rings (SSSR count). The standard InChI is InChI=1S/C19H17ClN2O3/c1-3-22-14-11-7-10-13(20)15(14)17(23)16(19(22)25)18(24)21(2)12-8-5-4-6-9-12/h4-11,23H,3H2,1-2H3. The van der Waals surface area contributed by atoms with Gasteiger partial charge in [0.05, 0.1) is 15.9 Å². The first-order valence-corrected chi connectivity index (χ1v) is 8.22. The number of pyridine rings is 1. The molecule has 1 amide bonds. The van der Waals surface area contributed by atoms with E-state index in [4.69, 9.17) is 11.6 Å². The van der Waals surface area contributed by atoms with Crippen molar-refractivity contribution in [3.63, 3.8) is 0 Å². The molecule has 1 heterocycles. The highest BCUT2D eigenvalue weighted by molar-refractivity contribution is 6.36. The maximum atomic E-state index is 12.9. The van der Waals surface area contributed by atoms with E-state index in [-0.39, 0.29) is 16.3 Å². The number of nitrogens with zero attached hydrogens (tertiary/aromatic N) is 2. The molecule has 6 heteroatoms. The molecule has 0 aliphatic carbocycles. The fourth-order valence-corrected chi connectivity index (χ4v) is 3.15. The third kappa shape index (κ3) is 2.76. The van der Waals surface area contributed by atoms with Gasteiger partial charge in [-0.2, -0.15) is 0 Å². The second-order valence-corrected chi connectivity index (χ2v) is 6.01. The predicted octanol–water partition coefficient (Wildman–Crippen LogP) is 3.66. The van der Waals surface area contributed by atoms with Gasteiger partial charge in [-0.05, 0) is 31.2 Å². The number of hydrogen-bond donors (Lipinski definition) is 1. The molecule has 1 aromatic heterocycles. The molecule has 3 aromatic rings. The molecule has 2 aromatic carbocycles. The number of anilines is 1. The summed E-state index contributed by atoms with van der Waals surface area (Å²) in [6.45, 7) is 2.15. The van der Waals surface area contributed by atoms with Crippen molar-refractivity contribution in [2.24, 2.45) is 0 Å². The Morgan fingerprint density at radius 2 is 1.84 bits per heavy atom. The van der Waals surface area contributed by atoms with Gasteiger partial charge in [-0.15, -0.1) is 0 Å². The molecule has 0 fully saturated rings. The average Bonchev–Trinajstić information content (AvgIpc) is 2.62. The van der Waals surface area contributed by atoms with Crippen molar-refractivity contribution in [1.82, 2.24) is 4.57 Å². The van der Waals surface area contributed by atoms with Crippen molar-refractivity contribution in [3.8, 4) is 5.75 Å². The first-order valence-electron chi connectivity index (χ1n) is 7.84. The first-order chi connectivity index (χ1) is 12.0. The second kappa shape index (κ2) is 6.61. The van der Waals surface area contributed by atoms with Crippen LogP contribution in [0, 0.1) is 0 Å². The summed E-state index contributed by atoms with van der Waals surface area (Å²) in [5, 5.41) is 11.2. The van der Waals surface area contributed by atoms with E-state index in [1.165, 1.54) is 9.47 Å². The van der Waals surface area contributed by atoms with E-state index in [1.54, 1.807) is 56.4 Å². The van der Waals surface area contributed by atoms with Crippen LogP contribution in [0.5, 0.6) is 5.75 Å². The van der Waals surface area contributed by atoms with Crippen LogP contribution in [0.15, 0.2) is 53.3 Å². The van der Waals surface area contributed by atoms with E-state index in [2.05, 4.69) is 0 Å². The Hall–Kier alpha value is -2.79. The van der Waals surface area contributed by atoms with Gasteiger partial charge in [0, 0.05) is 19.3 Å². The van der Waals surface area contributed by atoms with Crippen molar-refractivity contribution in [1.29, 1.82) is 0 Å². The molecule has 0 aliphatic heterocycles. The smallest absolute Gasteiger partial charge is 0.267 e. The predicted molar refractivity (Wildman–Crippen MR) is 99.7 cm³/mol. The Bertz CT molecular complexity index is 1010. The van der Waals surface area contributed by atoms with Gasteiger partial charge in [0.2, 0.25) is 0 Å². The Kier molecular flexibility index (Phi) is 4.51. The zero-order valence-corrected chi connectivity index (χ0v) is 14.6. The number of hydrogen-bond acceptors (Lipinski definition) is 3. The fraction of sp³-hybridized carbons (Fsp3) is 0.158. The van der Waals surface area contributed by atoms with Crippen molar-refractivity contribution < 1.29 is 9.90 Å². The largest absolute Gasteiger partial charge is 0.506 e. The number of amides is 1. The summed E-state index contributed by atoms with van der Waals surface area (Å²) >= 11 is 6.22. The molecule has 0 radical (unpaired) electrons. The Morgan fingerprint density at radius 3 is 2.48 bits per heavy atom.